The maximum atomic E-state index is 11.9. The molecule has 0 radical (unpaired) electrons. The Morgan fingerprint density at radius 1 is 1.08 bits per heavy atom. The van der Waals surface area contributed by atoms with Crippen molar-refractivity contribution in [2.75, 3.05) is 6.54 Å². The number of hydrogen-bond acceptors (Lipinski definition) is 3. The third-order valence-corrected chi connectivity index (χ3v) is 4.04. The molecule has 1 N–H and O–H groups in total. The van der Waals surface area contributed by atoms with Crippen molar-refractivity contribution >= 4 is 17.5 Å². The van der Waals surface area contributed by atoms with Gasteiger partial charge in [-0.15, -0.1) is 0 Å². The molecular weight excluding hydrogens is 336 g/mol. The van der Waals surface area contributed by atoms with E-state index in [1.807, 2.05) is 54.6 Å². The van der Waals surface area contributed by atoms with Crippen LogP contribution in [0.3, 0.4) is 0 Å². The first-order valence-electron chi connectivity index (χ1n) is 8.22. The highest BCUT2D eigenvalue weighted by atomic mass is 35.5. The standard InChI is InChI=1S/C20H19ClN2O2/c21-17-8-4-5-15(13-17)11-12-22-19(24)9-10-20-23-14-18(25-20)16-6-2-1-3-7-16/h1-8,13-14H,9-12H2,(H,22,24). The quantitative estimate of drug-likeness (QED) is 0.688. The number of oxazole rings is 1. The molecule has 3 rings (SSSR count). The number of carbonyl (C=O) groups is 1. The van der Waals surface area contributed by atoms with E-state index in [9.17, 15) is 4.79 Å². The summed E-state index contributed by atoms with van der Waals surface area (Å²) >= 11 is 5.95. The molecule has 0 atom stereocenters. The number of aryl methyl sites for hydroxylation is 1. The number of rotatable bonds is 7. The van der Waals surface area contributed by atoms with Crippen LogP contribution in [0.25, 0.3) is 11.3 Å². The van der Waals surface area contributed by atoms with E-state index in [0.717, 1.165) is 23.3 Å². The molecule has 0 aliphatic rings. The first-order chi connectivity index (χ1) is 12.2. The topological polar surface area (TPSA) is 55.1 Å². The number of amides is 1. The summed E-state index contributed by atoms with van der Waals surface area (Å²) in [7, 11) is 0. The first-order valence-corrected chi connectivity index (χ1v) is 8.60. The fraction of sp³-hybridized carbons (Fsp3) is 0.200. The van der Waals surface area contributed by atoms with Crippen LogP contribution in [-0.2, 0) is 17.6 Å². The van der Waals surface area contributed by atoms with Crippen LogP contribution >= 0.6 is 11.6 Å². The van der Waals surface area contributed by atoms with Crippen molar-refractivity contribution in [1.29, 1.82) is 0 Å². The molecule has 4 nitrogen and oxygen atoms in total. The fourth-order valence-corrected chi connectivity index (χ4v) is 2.72. The zero-order valence-corrected chi connectivity index (χ0v) is 14.5. The predicted octanol–water partition coefficient (Wildman–Crippen LogP) is 4.29. The normalized spacial score (nSPS) is 10.6. The minimum absolute atomic E-state index is 0.0125. The molecule has 0 bridgehead atoms. The lowest BCUT2D eigenvalue weighted by Gasteiger charge is -2.05. The van der Waals surface area contributed by atoms with E-state index in [0.29, 0.717) is 30.3 Å². The smallest absolute Gasteiger partial charge is 0.220 e. The van der Waals surface area contributed by atoms with Gasteiger partial charge in [0.05, 0.1) is 6.20 Å². The van der Waals surface area contributed by atoms with E-state index in [1.165, 1.54) is 0 Å². The Bertz CT molecular complexity index is 830. The van der Waals surface area contributed by atoms with Crippen LogP contribution in [0.1, 0.15) is 17.9 Å². The molecule has 0 saturated heterocycles. The van der Waals surface area contributed by atoms with Crippen LogP contribution in [0, 0.1) is 0 Å². The third-order valence-electron chi connectivity index (χ3n) is 3.80. The second kappa shape index (κ2) is 8.49. The minimum atomic E-state index is -0.0125. The van der Waals surface area contributed by atoms with Gasteiger partial charge in [-0.1, -0.05) is 54.1 Å². The van der Waals surface area contributed by atoms with Crippen LogP contribution in [0.2, 0.25) is 5.02 Å². The largest absolute Gasteiger partial charge is 0.441 e. The Hall–Kier alpha value is -2.59. The van der Waals surface area contributed by atoms with E-state index in [1.54, 1.807) is 6.20 Å². The Labute approximate surface area is 151 Å². The summed E-state index contributed by atoms with van der Waals surface area (Å²) in [5.41, 5.74) is 2.08. The van der Waals surface area contributed by atoms with Gasteiger partial charge in [0.1, 0.15) is 0 Å². The number of nitrogens with zero attached hydrogens (tertiary/aromatic N) is 1. The van der Waals surface area contributed by atoms with Gasteiger partial charge in [0.2, 0.25) is 5.91 Å². The Morgan fingerprint density at radius 3 is 2.72 bits per heavy atom. The van der Waals surface area contributed by atoms with Crippen LogP contribution in [-0.4, -0.2) is 17.4 Å². The van der Waals surface area contributed by atoms with Crippen LogP contribution in [0.5, 0.6) is 0 Å². The number of aromatic nitrogens is 1. The van der Waals surface area contributed by atoms with E-state index < -0.39 is 0 Å². The number of carbonyl (C=O) groups excluding carboxylic acids is 1. The molecule has 3 aromatic rings. The zero-order valence-electron chi connectivity index (χ0n) is 13.7. The molecule has 1 heterocycles. The Balaban J connectivity index is 1.43. The van der Waals surface area contributed by atoms with Crippen molar-refractivity contribution in [3.63, 3.8) is 0 Å². The van der Waals surface area contributed by atoms with Gasteiger partial charge in [0.15, 0.2) is 11.7 Å². The van der Waals surface area contributed by atoms with E-state index in [2.05, 4.69) is 10.3 Å². The summed E-state index contributed by atoms with van der Waals surface area (Å²) < 4.78 is 5.70. The molecule has 0 aliphatic carbocycles. The van der Waals surface area contributed by atoms with Gasteiger partial charge >= 0.3 is 0 Å². The maximum Gasteiger partial charge on any atom is 0.220 e. The molecule has 0 aliphatic heterocycles. The van der Waals surface area contributed by atoms with Crippen LogP contribution in [0.15, 0.2) is 65.2 Å². The van der Waals surface area contributed by atoms with Gasteiger partial charge in [0, 0.05) is 30.0 Å². The number of halogens is 1. The monoisotopic (exact) mass is 354 g/mol. The molecule has 2 aromatic carbocycles. The van der Waals surface area contributed by atoms with E-state index in [-0.39, 0.29) is 5.91 Å². The molecule has 128 valence electrons. The summed E-state index contributed by atoms with van der Waals surface area (Å²) in [6, 6.07) is 17.4. The van der Waals surface area contributed by atoms with Crippen molar-refractivity contribution in [1.82, 2.24) is 10.3 Å². The summed E-state index contributed by atoms with van der Waals surface area (Å²) in [6.07, 6.45) is 3.28. The van der Waals surface area contributed by atoms with E-state index >= 15 is 0 Å². The van der Waals surface area contributed by atoms with Crippen LogP contribution < -0.4 is 5.32 Å². The lowest BCUT2D eigenvalue weighted by atomic mass is 10.1. The third kappa shape index (κ3) is 5.19. The second-order valence-electron chi connectivity index (χ2n) is 5.71. The van der Waals surface area contributed by atoms with Crippen molar-refractivity contribution in [3.05, 3.63) is 77.3 Å². The maximum absolute atomic E-state index is 11.9. The molecule has 0 fully saturated rings. The summed E-state index contributed by atoms with van der Waals surface area (Å²) in [6.45, 7) is 0.583. The average molecular weight is 355 g/mol. The molecule has 0 unspecified atom stereocenters. The summed E-state index contributed by atoms with van der Waals surface area (Å²) in [5, 5.41) is 3.62. The predicted molar refractivity (Wildman–Crippen MR) is 98.4 cm³/mol. The average Bonchev–Trinajstić information content (AvgIpc) is 3.10. The van der Waals surface area contributed by atoms with Gasteiger partial charge in [0.25, 0.3) is 0 Å². The molecular formula is C20H19ClN2O2. The Morgan fingerprint density at radius 2 is 1.92 bits per heavy atom. The molecule has 1 amide bonds. The lowest BCUT2D eigenvalue weighted by Crippen LogP contribution is -2.25. The molecule has 5 heteroatoms. The summed E-state index contributed by atoms with van der Waals surface area (Å²) in [4.78, 5) is 16.2. The lowest BCUT2D eigenvalue weighted by molar-refractivity contribution is -0.121. The van der Waals surface area contributed by atoms with E-state index in [4.69, 9.17) is 16.0 Å². The second-order valence-corrected chi connectivity index (χ2v) is 6.15. The van der Waals surface area contributed by atoms with Crippen molar-refractivity contribution in [3.8, 4) is 11.3 Å². The molecule has 1 aromatic heterocycles. The Kier molecular flexibility index (Phi) is 5.86. The van der Waals surface area contributed by atoms with Gasteiger partial charge in [-0.2, -0.15) is 0 Å². The van der Waals surface area contributed by atoms with Crippen molar-refractivity contribution < 1.29 is 9.21 Å². The highest BCUT2D eigenvalue weighted by molar-refractivity contribution is 6.30. The van der Waals surface area contributed by atoms with Gasteiger partial charge in [-0.3, -0.25) is 4.79 Å². The SMILES string of the molecule is O=C(CCc1ncc(-c2ccccc2)o1)NCCc1cccc(Cl)c1. The van der Waals surface area contributed by atoms with Crippen molar-refractivity contribution in [2.45, 2.75) is 19.3 Å². The molecule has 25 heavy (non-hydrogen) atoms. The van der Waals surface area contributed by atoms with Gasteiger partial charge in [-0.25, -0.2) is 4.98 Å². The number of hydrogen-bond donors (Lipinski definition) is 1. The minimum Gasteiger partial charge on any atom is -0.441 e. The summed E-state index contributed by atoms with van der Waals surface area (Å²) in [5.74, 6) is 1.28. The number of nitrogens with one attached hydrogen (secondary N) is 1. The molecule has 0 saturated carbocycles. The van der Waals surface area contributed by atoms with Gasteiger partial charge < -0.3 is 9.73 Å². The molecule has 0 spiro atoms. The highest BCUT2D eigenvalue weighted by Gasteiger charge is 2.08. The number of benzene rings is 2. The van der Waals surface area contributed by atoms with Crippen LogP contribution in [0.4, 0.5) is 0 Å². The highest BCUT2D eigenvalue weighted by Crippen LogP contribution is 2.20. The fourth-order valence-electron chi connectivity index (χ4n) is 2.51. The zero-order chi connectivity index (χ0) is 17.5. The first kappa shape index (κ1) is 17.2. The van der Waals surface area contributed by atoms with Crippen molar-refractivity contribution in [2.24, 2.45) is 0 Å². The van der Waals surface area contributed by atoms with Gasteiger partial charge in [-0.05, 0) is 24.1 Å².